The van der Waals surface area contributed by atoms with Crippen LogP contribution in [-0.2, 0) is 11.2 Å². The van der Waals surface area contributed by atoms with Gasteiger partial charge >= 0.3 is 6.09 Å². The Morgan fingerprint density at radius 3 is 2.59 bits per heavy atom. The number of carbonyl (C=O) groups is 1. The van der Waals surface area contributed by atoms with Gasteiger partial charge in [-0.05, 0) is 90.3 Å². The Labute approximate surface area is 225 Å². The van der Waals surface area contributed by atoms with E-state index in [9.17, 15) is 9.18 Å². The molecule has 8 nitrogen and oxygen atoms in total. The zero-order valence-corrected chi connectivity index (χ0v) is 22.8. The van der Waals surface area contributed by atoms with Crippen LogP contribution in [0.15, 0.2) is 30.3 Å². The summed E-state index contributed by atoms with van der Waals surface area (Å²) in [6, 6.07) is 7.34. The number of aromatic nitrogens is 4. The first-order chi connectivity index (χ1) is 18.3. The van der Waals surface area contributed by atoms with E-state index in [4.69, 9.17) is 9.72 Å². The number of nitrogens with zero attached hydrogens (tertiary/aromatic N) is 5. The fourth-order valence-electron chi connectivity index (χ4n) is 4.75. The predicted molar refractivity (Wildman–Crippen MR) is 145 cm³/mol. The maximum Gasteiger partial charge on any atom is 0.408 e. The summed E-state index contributed by atoms with van der Waals surface area (Å²) in [7, 11) is 0. The van der Waals surface area contributed by atoms with Crippen molar-refractivity contribution in [3.05, 3.63) is 58.9 Å². The van der Waals surface area contributed by atoms with Crippen molar-refractivity contribution >= 4 is 34.3 Å². The van der Waals surface area contributed by atoms with Crippen molar-refractivity contribution in [1.29, 1.82) is 0 Å². The fourth-order valence-corrected chi connectivity index (χ4v) is 4.75. The average Bonchev–Trinajstić information content (AvgIpc) is 3.20. The first-order valence-corrected chi connectivity index (χ1v) is 12.8. The molecular weight excluding hydrogens is 502 g/mol. The molecule has 5 rings (SSSR count). The van der Waals surface area contributed by atoms with Crippen molar-refractivity contribution in [3.8, 4) is 11.8 Å². The van der Waals surface area contributed by atoms with E-state index in [1.54, 1.807) is 52.0 Å². The lowest BCUT2D eigenvalue weighted by Crippen LogP contribution is -2.44. The van der Waals surface area contributed by atoms with E-state index < -0.39 is 28.9 Å². The molecule has 1 N–H and O–H groups in total. The van der Waals surface area contributed by atoms with Gasteiger partial charge < -0.3 is 15.0 Å². The second-order valence-corrected chi connectivity index (χ2v) is 11.2. The lowest BCUT2D eigenvalue weighted by atomic mass is 9.95. The molecule has 2 aromatic heterocycles. The number of alkyl carbamates (subject to hydrolysis) is 1. The number of anilines is 2. The summed E-state index contributed by atoms with van der Waals surface area (Å²) >= 11 is 0. The zero-order chi connectivity index (χ0) is 28.1. The molecule has 0 fully saturated rings. The Morgan fingerprint density at radius 2 is 1.85 bits per heavy atom. The van der Waals surface area contributed by atoms with Crippen LogP contribution in [0.2, 0.25) is 0 Å². The third-order valence-corrected chi connectivity index (χ3v) is 6.32. The Hall–Kier alpha value is -4.26. The second kappa shape index (κ2) is 9.49. The Bertz CT molecular complexity index is 1680. The largest absolute Gasteiger partial charge is 0.444 e. The average molecular weight is 533 g/mol. The summed E-state index contributed by atoms with van der Waals surface area (Å²) in [5.41, 5.74) is 1.12. The molecular formula is C29H30F2N6O2. The van der Waals surface area contributed by atoms with Crippen LogP contribution in [0.25, 0.3) is 16.7 Å². The van der Waals surface area contributed by atoms with E-state index in [0.29, 0.717) is 52.5 Å². The molecule has 3 heterocycles. The van der Waals surface area contributed by atoms with Crippen LogP contribution in [0.3, 0.4) is 0 Å². The lowest BCUT2D eigenvalue weighted by molar-refractivity contribution is 0.0494. The van der Waals surface area contributed by atoms with Gasteiger partial charge in [0.05, 0.1) is 11.1 Å². The summed E-state index contributed by atoms with van der Waals surface area (Å²) in [5.74, 6) is 6.75. The maximum atomic E-state index is 15.0. The van der Waals surface area contributed by atoms with Crippen molar-refractivity contribution < 1.29 is 18.3 Å². The third-order valence-electron chi connectivity index (χ3n) is 6.32. The number of fused-ring (bicyclic) bond motifs is 4. The molecule has 0 radical (unpaired) electrons. The monoisotopic (exact) mass is 532 g/mol. The van der Waals surface area contributed by atoms with E-state index in [1.165, 1.54) is 24.3 Å². The van der Waals surface area contributed by atoms with Gasteiger partial charge in [0.2, 0.25) is 0 Å². The summed E-state index contributed by atoms with van der Waals surface area (Å²) < 4.78 is 36.5. The number of carbonyl (C=O) groups excluding carboxylic acids is 1. The van der Waals surface area contributed by atoms with E-state index >= 15 is 4.39 Å². The van der Waals surface area contributed by atoms with E-state index in [2.05, 4.69) is 27.4 Å². The van der Waals surface area contributed by atoms with E-state index in [1.807, 2.05) is 4.90 Å². The van der Waals surface area contributed by atoms with Gasteiger partial charge in [-0.15, -0.1) is 10.2 Å². The van der Waals surface area contributed by atoms with Crippen LogP contribution in [0, 0.1) is 30.4 Å². The van der Waals surface area contributed by atoms with Gasteiger partial charge in [0.25, 0.3) is 5.78 Å². The molecule has 202 valence electrons. The summed E-state index contributed by atoms with van der Waals surface area (Å²) in [6.07, 6.45) is 0.843. The fraction of sp³-hybridized carbons (Fsp3) is 0.379. The number of hydrogen-bond donors (Lipinski definition) is 1. The first kappa shape index (κ1) is 26.4. The molecule has 1 amide bonds. The molecule has 0 bridgehead atoms. The molecule has 39 heavy (non-hydrogen) atoms. The number of aryl methyl sites for hydroxylation is 1. The second-order valence-electron chi connectivity index (χ2n) is 11.2. The van der Waals surface area contributed by atoms with Crippen molar-refractivity contribution in [3.63, 3.8) is 0 Å². The smallest absolute Gasteiger partial charge is 0.408 e. The van der Waals surface area contributed by atoms with Crippen molar-refractivity contribution in [2.24, 2.45) is 0 Å². The minimum atomic E-state index is -0.929. The van der Waals surface area contributed by atoms with Crippen LogP contribution in [0.1, 0.15) is 58.0 Å². The summed E-state index contributed by atoms with van der Waals surface area (Å²) in [4.78, 5) is 18.9. The van der Waals surface area contributed by atoms with Gasteiger partial charge in [-0.2, -0.15) is 4.98 Å². The number of hydrogen-bond acceptors (Lipinski definition) is 6. The van der Waals surface area contributed by atoms with Gasteiger partial charge in [0.1, 0.15) is 28.9 Å². The van der Waals surface area contributed by atoms with Gasteiger partial charge in [-0.1, -0.05) is 11.8 Å². The predicted octanol–water partition coefficient (Wildman–Crippen LogP) is 5.60. The minimum Gasteiger partial charge on any atom is -0.444 e. The van der Waals surface area contributed by atoms with Crippen molar-refractivity contribution in [2.45, 2.75) is 65.5 Å². The molecule has 0 unspecified atom stereocenters. The molecule has 0 saturated heterocycles. The standard InChI is InChI=1S/C29H30F2N6O2/c1-17-34-35-26-32-25(22-15-19(30)9-10-23(22)37(17)26)36-13-7-8-21-18(14-20(31)16-24(21)36)11-12-29(5,6)33-27(38)39-28(2,3)4/h9-10,14-16H,7-8,13H2,1-6H3,(H,33,38). The number of nitrogens with one attached hydrogen (secondary N) is 1. The lowest BCUT2D eigenvalue weighted by Gasteiger charge is -2.32. The Kier molecular flexibility index (Phi) is 6.41. The van der Waals surface area contributed by atoms with Crippen LogP contribution in [0.5, 0.6) is 0 Å². The van der Waals surface area contributed by atoms with Crippen molar-refractivity contribution in [1.82, 2.24) is 24.9 Å². The number of benzene rings is 2. The number of amides is 1. The topological polar surface area (TPSA) is 84.7 Å². The molecule has 10 heteroatoms. The highest BCUT2D eigenvalue weighted by Crippen LogP contribution is 2.38. The van der Waals surface area contributed by atoms with Gasteiger partial charge in [-0.25, -0.2) is 13.6 Å². The molecule has 1 aliphatic rings. The normalized spacial score (nSPS) is 13.7. The number of halogens is 2. The van der Waals surface area contributed by atoms with E-state index in [0.717, 1.165) is 12.0 Å². The molecule has 0 saturated carbocycles. The highest BCUT2D eigenvalue weighted by atomic mass is 19.1. The van der Waals surface area contributed by atoms with Gasteiger partial charge in [0.15, 0.2) is 0 Å². The Balaban J connectivity index is 1.58. The number of rotatable bonds is 2. The zero-order valence-electron chi connectivity index (χ0n) is 22.8. The first-order valence-electron chi connectivity index (χ1n) is 12.8. The van der Waals surface area contributed by atoms with Crippen LogP contribution in [-0.4, -0.2) is 43.4 Å². The van der Waals surface area contributed by atoms with Crippen LogP contribution in [0.4, 0.5) is 25.1 Å². The molecule has 2 aromatic carbocycles. The quantitative estimate of drug-likeness (QED) is 0.338. The molecule has 4 aromatic rings. The van der Waals surface area contributed by atoms with Gasteiger partial charge in [0, 0.05) is 23.2 Å². The highest BCUT2D eigenvalue weighted by Gasteiger charge is 2.27. The maximum absolute atomic E-state index is 15.0. The molecule has 0 spiro atoms. The van der Waals surface area contributed by atoms with Gasteiger partial charge in [-0.3, -0.25) is 4.40 Å². The summed E-state index contributed by atoms with van der Waals surface area (Å²) in [6.45, 7) is 11.2. The van der Waals surface area contributed by atoms with Crippen molar-refractivity contribution in [2.75, 3.05) is 11.4 Å². The molecule has 1 aliphatic heterocycles. The van der Waals surface area contributed by atoms with Crippen LogP contribution < -0.4 is 10.2 Å². The summed E-state index contributed by atoms with van der Waals surface area (Å²) in [5, 5.41) is 11.6. The SMILES string of the molecule is Cc1nnc2nc(N3CCCc4c(C#CC(C)(C)NC(=O)OC(C)(C)C)cc(F)cc43)c3cc(F)ccc3n12. The van der Waals surface area contributed by atoms with E-state index in [-0.39, 0.29) is 0 Å². The van der Waals surface area contributed by atoms with Crippen LogP contribution >= 0.6 is 0 Å². The minimum absolute atomic E-state index is 0.375. The Morgan fingerprint density at radius 1 is 1.08 bits per heavy atom. The molecule has 0 atom stereocenters. The highest BCUT2D eigenvalue weighted by molar-refractivity contribution is 5.94. The molecule has 0 aliphatic carbocycles. The number of ether oxygens (including phenoxy) is 1. The third kappa shape index (κ3) is 5.35.